The molecule has 0 spiro atoms. The summed E-state index contributed by atoms with van der Waals surface area (Å²) >= 11 is 6.49. The summed E-state index contributed by atoms with van der Waals surface area (Å²) in [5.74, 6) is 0.839. The van der Waals surface area contributed by atoms with Crippen molar-refractivity contribution < 1.29 is 14.3 Å². The van der Waals surface area contributed by atoms with Crippen LogP contribution in [0.1, 0.15) is 16.8 Å². The summed E-state index contributed by atoms with van der Waals surface area (Å²) in [6, 6.07) is 15.1. The van der Waals surface area contributed by atoms with Crippen LogP contribution in [0.25, 0.3) is 6.08 Å². The van der Waals surface area contributed by atoms with Gasteiger partial charge in [-0.05, 0) is 30.7 Å². The molecule has 150 valence electrons. The highest BCUT2D eigenvalue weighted by molar-refractivity contribution is 6.31. The predicted molar refractivity (Wildman–Crippen MR) is 115 cm³/mol. The van der Waals surface area contributed by atoms with Crippen LogP contribution >= 0.6 is 11.6 Å². The van der Waals surface area contributed by atoms with Gasteiger partial charge in [0.1, 0.15) is 16.7 Å². The number of carbonyl (C=O) groups excluding carboxylic acids is 1. The summed E-state index contributed by atoms with van der Waals surface area (Å²) in [6.45, 7) is 2.41. The molecule has 0 bridgehead atoms. The van der Waals surface area contributed by atoms with Crippen molar-refractivity contribution in [2.24, 2.45) is 0 Å². The van der Waals surface area contributed by atoms with Crippen LogP contribution in [0.4, 0.5) is 5.69 Å². The number of aryl methyl sites for hydroxylation is 1. The van der Waals surface area contributed by atoms with Gasteiger partial charge >= 0.3 is 0 Å². The van der Waals surface area contributed by atoms with Gasteiger partial charge in [0.15, 0.2) is 0 Å². The van der Waals surface area contributed by atoms with Crippen LogP contribution in [0.15, 0.2) is 54.6 Å². The number of halogens is 1. The molecule has 1 heterocycles. The summed E-state index contributed by atoms with van der Waals surface area (Å²) in [5.41, 5.74) is 3.06. The highest BCUT2D eigenvalue weighted by Gasteiger charge is 2.12. The van der Waals surface area contributed by atoms with E-state index >= 15 is 0 Å². The van der Waals surface area contributed by atoms with E-state index in [9.17, 15) is 4.79 Å². The molecule has 0 aliphatic carbocycles. The van der Waals surface area contributed by atoms with Gasteiger partial charge in [-0.3, -0.25) is 4.79 Å². The highest BCUT2D eigenvalue weighted by atomic mass is 35.5. The summed E-state index contributed by atoms with van der Waals surface area (Å²) in [7, 11) is 3.10. The van der Waals surface area contributed by atoms with E-state index in [2.05, 4.69) is 10.4 Å². The van der Waals surface area contributed by atoms with Gasteiger partial charge < -0.3 is 14.8 Å². The normalized spacial score (nSPS) is 10.9. The second kappa shape index (κ2) is 9.30. The molecule has 0 unspecified atom stereocenters. The monoisotopic (exact) mass is 411 g/mol. The number of anilines is 1. The Morgan fingerprint density at radius 2 is 1.93 bits per heavy atom. The number of aromatic nitrogens is 2. The summed E-state index contributed by atoms with van der Waals surface area (Å²) in [6.07, 6.45) is 3.08. The van der Waals surface area contributed by atoms with E-state index in [0.29, 0.717) is 34.4 Å². The van der Waals surface area contributed by atoms with Gasteiger partial charge in [0.25, 0.3) is 0 Å². The quantitative estimate of drug-likeness (QED) is 0.579. The fourth-order valence-corrected chi connectivity index (χ4v) is 3.16. The molecule has 0 fully saturated rings. The van der Waals surface area contributed by atoms with Crippen molar-refractivity contribution in [2.45, 2.75) is 13.5 Å². The number of ether oxygens (including phenoxy) is 2. The Morgan fingerprint density at radius 3 is 2.62 bits per heavy atom. The first-order valence-corrected chi connectivity index (χ1v) is 9.37. The number of carbonyl (C=O) groups is 1. The lowest BCUT2D eigenvalue weighted by Crippen LogP contribution is -2.09. The molecule has 0 radical (unpaired) electrons. The molecule has 29 heavy (non-hydrogen) atoms. The molecule has 0 aliphatic rings. The maximum absolute atomic E-state index is 12.4. The lowest BCUT2D eigenvalue weighted by atomic mass is 10.2. The van der Waals surface area contributed by atoms with Crippen LogP contribution in [0.2, 0.25) is 5.15 Å². The number of nitrogens with one attached hydrogen (secondary N) is 1. The summed E-state index contributed by atoms with van der Waals surface area (Å²) in [5, 5.41) is 7.75. The first-order valence-electron chi connectivity index (χ1n) is 8.99. The molecule has 0 saturated heterocycles. The van der Waals surface area contributed by atoms with E-state index in [1.165, 1.54) is 13.2 Å². The molecule has 0 atom stereocenters. The Balaban J connectivity index is 1.75. The Labute approximate surface area is 174 Å². The topological polar surface area (TPSA) is 65.4 Å². The van der Waals surface area contributed by atoms with Gasteiger partial charge in [-0.1, -0.05) is 41.9 Å². The van der Waals surface area contributed by atoms with E-state index < -0.39 is 0 Å². The van der Waals surface area contributed by atoms with Crippen molar-refractivity contribution in [3.05, 3.63) is 76.6 Å². The average Bonchev–Trinajstić information content (AvgIpc) is 2.99. The molecule has 6 nitrogen and oxygen atoms in total. The molecular weight excluding hydrogens is 390 g/mol. The third-order valence-electron chi connectivity index (χ3n) is 4.35. The Hall–Kier alpha value is -3.25. The zero-order valence-electron chi connectivity index (χ0n) is 16.5. The lowest BCUT2D eigenvalue weighted by molar-refractivity contribution is -0.111. The first-order chi connectivity index (χ1) is 14.0. The van der Waals surface area contributed by atoms with Crippen LogP contribution in [0.5, 0.6) is 11.5 Å². The number of amides is 1. The smallest absolute Gasteiger partial charge is 0.248 e. The van der Waals surface area contributed by atoms with Gasteiger partial charge in [-0.25, -0.2) is 4.68 Å². The average molecular weight is 412 g/mol. The number of rotatable bonds is 7. The number of hydrogen-bond donors (Lipinski definition) is 1. The predicted octanol–water partition coefficient (Wildman–Crippen LogP) is 4.56. The molecule has 1 N–H and O–H groups in total. The lowest BCUT2D eigenvalue weighted by Gasteiger charge is -2.10. The van der Waals surface area contributed by atoms with Crippen molar-refractivity contribution in [2.75, 3.05) is 19.5 Å². The molecule has 0 saturated carbocycles. The van der Waals surface area contributed by atoms with E-state index in [4.69, 9.17) is 21.1 Å². The molecule has 1 amide bonds. The summed E-state index contributed by atoms with van der Waals surface area (Å²) < 4.78 is 12.2. The van der Waals surface area contributed by atoms with Crippen molar-refractivity contribution in [1.29, 1.82) is 0 Å². The highest BCUT2D eigenvalue weighted by Crippen LogP contribution is 2.29. The van der Waals surface area contributed by atoms with E-state index in [1.807, 2.05) is 37.3 Å². The van der Waals surface area contributed by atoms with Crippen LogP contribution in [0.3, 0.4) is 0 Å². The molecule has 3 rings (SSSR count). The van der Waals surface area contributed by atoms with E-state index in [0.717, 1.165) is 11.3 Å². The van der Waals surface area contributed by atoms with Gasteiger partial charge in [-0.15, -0.1) is 0 Å². The van der Waals surface area contributed by atoms with Gasteiger partial charge in [0.2, 0.25) is 5.91 Å². The minimum atomic E-state index is -0.317. The SMILES string of the molecule is COc1ccc(OC)c(NC(=O)/C=C/c2c(C)nn(Cc3ccccc3)c2Cl)c1. The van der Waals surface area contributed by atoms with Crippen LogP contribution in [-0.4, -0.2) is 29.9 Å². The molecule has 1 aromatic heterocycles. The van der Waals surface area contributed by atoms with Crippen LogP contribution < -0.4 is 14.8 Å². The van der Waals surface area contributed by atoms with E-state index in [1.54, 1.807) is 36.1 Å². The van der Waals surface area contributed by atoms with Gasteiger partial charge in [-0.2, -0.15) is 5.10 Å². The maximum Gasteiger partial charge on any atom is 0.248 e. The largest absolute Gasteiger partial charge is 0.497 e. The fourth-order valence-electron chi connectivity index (χ4n) is 2.86. The Morgan fingerprint density at radius 1 is 1.17 bits per heavy atom. The second-order valence-corrected chi connectivity index (χ2v) is 6.68. The summed E-state index contributed by atoms with van der Waals surface area (Å²) in [4.78, 5) is 12.4. The molecule has 2 aromatic carbocycles. The number of nitrogens with zero attached hydrogens (tertiary/aromatic N) is 2. The van der Waals surface area contributed by atoms with Crippen molar-refractivity contribution in [3.63, 3.8) is 0 Å². The molecule has 0 aliphatic heterocycles. The minimum Gasteiger partial charge on any atom is -0.497 e. The van der Waals surface area contributed by atoms with Crippen LogP contribution in [-0.2, 0) is 11.3 Å². The molecular formula is C22H22ClN3O3. The van der Waals surface area contributed by atoms with E-state index in [-0.39, 0.29) is 5.91 Å². The van der Waals surface area contributed by atoms with Crippen molar-refractivity contribution in [1.82, 2.24) is 9.78 Å². The zero-order chi connectivity index (χ0) is 20.8. The Bertz CT molecular complexity index is 1030. The van der Waals surface area contributed by atoms with Crippen LogP contribution in [0, 0.1) is 6.92 Å². The van der Waals surface area contributed by atoms with Crippen molar-refractivity contribution >= 4 is 29.3 Å². The number of methoxy groups -OCH3 is 2. The maximum atomic E-state index is 12.4. The molecule has 7 heteroatoms. The third-order valence-corrected chi connectivity index (χ3v) is 4.75. The standard InChI is InChI=1S/C22H22ClN3O3/c1-15-18(22(23)26(25-15)14-16-7-5-4-6-8-16)10-12-21(27)24-19-13-17(28-2)9-11-20(19)29-3/h4-13H,14H2,1-3H3,(H,24,27)/b12-10+. The number of benzene rings is 2. The fraction of sp³-hybridized carbons (Fsp3) is 0.182. The second-order valence-electron chi connectivity index (χ2n) is 6.32. The zero-order valence-corrected chi connectivity index (χ0v) is 17.2. The first kappa shape index (κ1) is 20.5. The third kappa shape index (κ3) is 4.97. The Kier molecular flexibility index (Phi) is 6.57. The molecule has 3 aromatic rings. The van der Waals surface area contributed by atoms with Crippen molar-refractivity contribution in [3.8, 4) is 11.5 Å². The van der Waals surface area contributed by atoms with Gasteiger partial charge in [0, 0.05) is 17.7 Å². The number of hydrogen-bond acceptors (Lipinski definition) is 4. The van der Waals surface area contributed by atoms with Gasteiger partial charge in [0.05, 0.1) is 32.1 Å². The minimum absolute atomic E-state index is 0.317.